The van der Waals surface area contributed by atoms with Crippen molar-refractivity contribution in [2.24, 2.45) is 0 Å². The van der Waals surface area contributed by atoms with E-state index in [9.17, 15) is 9.50 Å². The van der Waals surface area contributed by atoms with E-state index in [2.05, 4.69) is 0 Å². The van der Waals surface area contributed by atoms with E-state index < -0.39 is 11.9 Å². The van der Waals surface area contributed by atoms with E-state index in [-0.39, 0.29) is 12.4 Å². The van der Waals surface area contributed by atoms with E-state index in [1.54, 1.807) is 19.1 Å². The van der Waals surface area contributed by atoms with E-state index in [1.807, 2.05) is 0 Å². The van der Waals surface area contributed by atoms with Gasteiger partial charge in [0.05, 0.1) is 12.7 Å². The molecule has 18 heavy (non-hydrogen) atoms. The Morgan fingerprint density at radius 2 is 1.94 bits per heavy atom. The van der Waals surface area contributed by atoms with Gasteiger partial charge in [-0.15, -0.1) is 0 Å². The summed E-state index contributed by atoms with van der Waals surface area (Å²) in [5, 5.41) is 17.9. The fraction of sp³-hybridized carbons (Fsp3) is 0.571. The van der Waals surface area contributed by atoms with E-state index in [4.69, 9.17) is 9.84 Å². The van der Waals surface area contributed by atoms with Gasteiger partial charge in [-0.25, -0.2) is 4.39 Å². The Hall–Kier alpha value is -1.13. The molecule has 0 saturated carbocycles. The fourth-order valence-corrected chi connectivity index (χ4v) is 1.64. The molecular formula is C14H21FO3. The first-order chi connectivity index (χ1) is 8.65. The van der Waals surface area contributed by atoms with E-state index >= 15 is 0 Å². The Kier molecular flexibility index (Phi) is 6.68. The van der Waals surface area contributed by atoms with Crippen molar-refractivity contribution in [1.29, 1.82) is 0 Å². The molecule has 0 fully saturated rings. The Balaban J connectivity index is 2.34. The van der Waals surface area contributed by atoms with Crippen LogP contribution in [0.4, 0.5) is 4.39 Å². The minimum absolute atomic E-state index is 0.219. The summed E-state index contributed by atoms with van der Waals surface area (Å²) in [4.78, 5) is 0. The summed E-state index contributed by atoms with van der Waals surface area (Å²) >= 11 is 0. The van der Waals surface area contributed by atoms with Crippen LogP contribution in [0.1, 0.15) is 44.3 Å². The van der Waals surface area contributed by atoms with Crippen molar-refractivity contribution >= 4 is 0 Å². The predicted octanol–water partition coefficient (Wildman–Crippen LogP) is 2.81. The quantitative estimate of drug-likeness (QED) is 0.703. The molecule has 0 bridgehead atoms. The Morgan fingerprint density at radius 1 is 1.22 bits per heavy atom. The third-order valence-corrected chi connectivity index (χ3v) is 2.75. The van der Waals surface area contributed by atoms with Crippen molar-refractivity contribution in [3.63, 3.8) is 0 Å². The van der Waals surface area contributed by atoms with Crippen molar-refractivity contribution in [1.82, 2.24) is 0 Å². The molecule has 1 atom stereocenters. The summed E-state index contributed by atoms with van der Waals surface area (Å²) in [6.07, 6.45) is 2.90. The third kappa shape index (κ3) is 5.02. The highest BCUT2D eigenvalue weighted by molar-refractivity contribution is 5.30. The second-order valence-corrected chi connectivity index (χ2v) is 4.35. The first-order valence-corrected chi connectivity index (χ1v) is 6.36. The average molecular weight is 256 g/mol. The first-order valence-electron chi connectivity index (χ1n) is 6.36. The molecular weight excluding hydrogens is 235 g/mol. The zero-order valence-corrected chi connectivity index (χ0v) is 10.7. The van der Waals surface area contributed by atoms with Crippen LogP contribution in [0.25, 0.3) is 0 Å². The number of benzene rings is 1. The van der Waals surface area contributed by atoms with Crippen LogP contribution >= 0.6 is 0 Å². The first kappa shape index (κ1) is 14.9. The van der Waals surface area contributed by atoms with Crippen molar-refractivity contribution in [2.45, 2.75) is 38.7 Å². The van der Waals surface area contributed by atoms with Crippen molar-refractivity contribution in [3.05, 3.63) is 29.6 Å². The molecule has 1 rings (SSSR count). The van der Waals surface area contributed by atoms with Gasteiger partial charge in [0, 0.05) is 6.61 Å². The Morgan fingerprint density at radius 3 is 2.56 bits per heavy atom. The number of ether oxygens (including phenoxy) is 1. The fourth-order valence-electron chi connectivity index (χ4n) is 1.64. The topological polar surface area (TPSA) is 49.7 Å². The number of aliphatic hydroxyl groups excluding tert-OH is 2. The van der Waals surface area contributed by atoms with Crippen molar-refractivity contribution in [3.8, 4) is 5.75 Å². The molecule has 3 nitrogen and oxygen atoms in total. The second kappa shape index (κ2) is 8.06. The SMILES string of the molecule is C[C@@H](O)c1ccc(OCCCCCCO)c(F)c1. The van der Waals surface area contributed by atoms with Gasteiger partial charge in [-0.3, -0.25) is 0 Å². The lowest BCUT2D eigenvalue weighted by Crippen LogP contribution is -2.01. The van der Waals surface area contributed by atoms with Gasteiger partial charge in [0.15, 0.2) is 11.6 Å². The van der Waals surface area contributed by atoms with Crippen molar-refractivity contribution < 1.29 is 19.3 Å². The highest BCUT2D eigenvalue weighted by Gasteiger charge is 2.07. The van der Waals surface area contributed by atoms with Crippen LogP contribution in [0.15, 0.2) is 18.2 Å². The largest absolute Gasteiger partial charge is 0.491 e. The minimum Gasteiger partial charge on any atom is -0.491 e. The molecule has 2 N–H and O–H groups in total. The number of rotatable bonds is 8. The summed E-state index contributed by atoms with van der Waals surface area (Å²) in [5.74, 6) is -0.217. The standard InChI is InChI=1S/C14H21FO3/c1-11(17)12-6-7-14(13(15)10-12)18-9-5-3-2-4-8-16/h6-7,10-11,16-17H,2-5,8-9H2,1H3/t11-/m1/s1. The molecule has 0 radical (unpaired) electrons. The Labute approximate surface area is 107 Å². The predicted molar refractivity (Wildman–Crippen MR) is 68.1 cm³/mol. The molecule has 0 amide bonds. The minimum atomic E-state index is -0.674. The van der Waals surface area contributed by atoms with Gasteiger partial charge in [-0.05, 0) is 43.9 Å². The molecule has 102 valence electrons. The van der Waals surface area contributed by atoms with Gasteiger partial charge in [0.2, 0.25) is 0 Å². The van der Waals surface area contributed by atoms with Gasteiger partial charge in [-0.1, -0.05) is 12.5 Å². The molecule has 0 aliphatic carbocycles. The maximum atomic E-state index is 13.6. The zero-order chi connectivity index (χ0) is 13.4. The van der Waals surface area contributed by atoms with Gasteiger partial charge in [0.25, 0.3) is 0 Å². The van der Waals surface area contributed by atoms with E-state index in [0.717, 1.165) is 25.7 Å². The second-order valence-electron chi connectivity index (χ2n) is 4.35. The van der Waals surface area contributed by atoms with Crippen LogP contribution in [0, 0.1) is 5.82 Å². The molecule has 1 aromatic carbocycles. The summed E-state index contributed by atoms with van der Waals surface area (Å²) in [6, 6.07) is 4.51. The van der Waals surface area contributed by atoms with Gasteiger partial charge < -0.3 is 14.9 Å². The highest BCUT2D eigenvalue weighted by atomic mass is 19.1. The van der Waals surface area contributed by atoms with Crippen LogP contribution in [-0.2, 0) is 0 Å². The maximum Gasteiger partial charge on any atom is 0.165 e. The average Bonchev–Trinajstić information content (AvgIpc) is 2.35. The highest BCUT2D eigenvalue weighted by Crippen LogP contribution is 2.22. The van der Waals surface area contributed by atoms with Crippen LogP contribution in [0.3, 0.4) is 0 Å². The summed E-state index contributed by atoms with van der Waals surface area (Å²) in [6.45, 7) is 2.28. The van der Waals surface area contributed by atoms with Crippen LogP contribution in [0.5, 0.6) is 5.75 Å². The summed E-state index contributed by atoms with van der Waals surface area (Å²) < 4.78 is 18.9. The third-order valence-electron chi connectivity index (χ3n) is 2.75. The number of hydrogen-bond acceptors (Lipinski definition) is 3. The molecule has 0 aliphatic heterocycles. The maximum absolute atomic E-state index is 13.6. The van der Waals surface area contributed by atoms with Crippen LogP contribution in [-0.4, -0.2) is 23.4 Å². The molecule has 4 heteroatoms. The zero-order valence-electron chi connectivity index (χ0n) is 10.7. The normalized spacial score (nSPS) is 12.4. The number of unbranched alkanes of at least 4 members (excludes halogenated alkanes) is 3. The molecule has 0 unspecified atom stereocenters. The Bertz CT molecular complexity index is 353. The van der Waals surface area contributed by atoms with E-state index in [1.165, 1.54) is 6.07 Å². The van der Waals surface area contributed by atoms with Gasteiger partial charge in [0.1, 0.15) is 0 Å². The smallest absolute Gasteiger partial charge is 0.165 e. The molecule has 0 aliphatic rings. The van der Waals surface area contributed by atoms with Crippen molar-refractivity contribution in [2.75, 3.05) is 13.2 Å². The monoisotopic (exact) mass is 256 g/mol. The summed E-state index contributed by atoms with van der Waals surface area (Å²) in [5.41, 5.74) is 0.544. The lowest BCUT2D eigenvalue weighted by atomic mass is 10.1. The van der Waals surface area contributed by atoms with Gasteiger partial charge >= 0.3 is 0 Å². The number of aliphatic hydroxyl groups is 2. The molecule has 0 spiro atoms. The van der Waals surface area contributed by atoms with E-state index in [0.29, 0.717) is 12.2 Å². The molecule has 0 saturated heterocycles. The molecule has 0 aromatic heterocycles. The number of halogens is 1. The van der Waals surface area contributed by atoms with Crippen LogP contribution in [0.2, 0.25) is 0 Å². The lowest BCUT2D eigenvalue weighted by molar-refractivity contribution is 0.198. The molecule has 0 heterocycles. The van der Waals surface area contributed by atoms with Gasteiger partial charge in [-0.2, -0.15) is 0 Å². The molecule has 1 aromatic rings. The van der Waals surface area contributed by atoms with Crippen LogP contribution < -0.4 is 4.74 Å². The lowest BCUT2D eigenvalue weighted by Gasteiger charge is -2.10. The summed E-state index contributed by atoms with van der Waals surface area (Å²) in [7, 11) is 0. The number of hydrogen-bond donors (Lipinski definition) is 2.